The first-order valence-electron chi connectivity index (χ1n) is 10.4. The molecule has 0 aromatic carbocycles. The van der Waals surface area contributed by atoms with Crippen LogP contribution in [-0.4, -0.2) is 57.8 Å². The molecule has 1 aliphatic rings. The first-order chi connectivity index (χ1) is 14.1. The van der Waals surface area contributed by atoms with Gasteiger partial charge in [-0.1, -0.05) is 6.92 Å². The molecule has 3 rings (SSSR count). The molecular formula is C20H29N5O4. The van der Waals surface area contributed by atoms with Gasteiger partial charge in [-0.05, 0) is 39.5 Å². The van der Waals surface area contributed by atoms with Crippen LogP contribution in [0.3, 0.4) is 0 Å². The van der Waals surface area contributed by atoms with Crippen molar-refractivity contribution in [2.45, 2.75) is 52.5 Å². The van der Waals surface area contributed by atoms with Crippen molar-refractivity contribution in [3.8, 4) is 0 Å². The van der Waals surface area contributed by atoms with E-state index in [1.807, 2.05) is 6.92 Å². The first kappa shape index (κ1) is 21.0. The fourth-order valence-corrected chi connectivity index (χ4v) is 3.89. The summed E-state index contributed by atoms with van der Waals surface area (Å²) in [7, 11) is 0. The van der Waals surface area contributed by atoms with Gasteiger partial charge in [0.05, 0.1) is 25.6 Å². The first-order valence-corrected chi connectivity index (χ1v) is 10.4. The lowest BCUT2D eigenvalue weighted by Crippen LogP contribution is -2.35. The topological polar surface area (TPSA) is 99.4 Å². The molecule has 0 radical (unpaired) electrons. The number of esters is 2. The molecule has 9 heteroatoms. The Morgan fingerprint density at radius 3 is 2.24 bits per heavy atom. The number of hydrogen-bond donors (Lipinski definition) is 0. The highest BCUT2D eigenvalue weighted by Crippen LogP contribution is 2.31. The largest absolute Gasteiger partial charge is 0.465 e. The van der Waals surface area contributed by atoms with Crippen molar-refractivity contribution < 1.29 is 19.1 Å². The quantitative estimate of drug-likeness (QED) is 0.490. The average Bonchev–Trinajstić information content (AvgIpc) is 3.16. The minimum Gasteiger partial charge on any atom is -0.465 e. The number of aromatic nitrogens is 4. The van der Waals surface area contributed by atoms with Crippen LogP contribution in [0.5, 0.6) is 0 Å². The molecule has 3 heterocycles. The Balaban J connectivity index is 2.01. The van der Waals surface area contributed by atoms with Gasteiger partial charge < -0.3 is 18.9 Å². The lowest BCUT2D eigenvalue weighted by atomic mass is 9.97. The fourth-order valence-electron chi connectivity index (χ4n) is 3.89. The normalized spacial score (nSPS) is 15.5. The van der Waals surface area contributed by atoms with Crippen LogP contribution in [0, 0.1) is 5.92 Å². The maximum absolute atomic E-state index is 12.6. The van der Waals surface area contributed by atoms with E-state index in [0.29, 0.717) is 17.6 Å². The van der Waals surface area contributed by atoms with E-state index in [0.717, 1.165) is 31.7 Å². The highest BCUT2D eigenvalue weighted by molar-refractivity contribution is 5.96. The van der Waals surface area contributed by atoms with E-state index < -0.39 is 23.9 Å². The van der Waals surface area contributed by atoms with Crippen molar-refractivity contribution >= 4 is 28.9 Å². The Labute approximate surface area is 170 Å². The molecule has 2 aromatic rings. The Bertz CT molecular complexity index is 829. The Hall–Kier alpha value is -2.71. The van der Waals surface area contributed by atoms with Gasteiger partial charge in [-0.2, -0.15) is 0 Å². The molecule has 1 atom stereocenters. The van der Waals surface area contributed by atoms with Crippen LogP contribution in [0.25, 0.3) is 11.2 Å². The summed E-state index contributed by atoms with van der Waals surface area (Å²) >= 11 is 0. The van der Waals surface area contributed by atoms with Crippen molar-refractivity contribution in [1.29, 1.82) is 0 Å². The van der Waals surface area contributed by atoms with Gasteiger partial charge in [0.25, 0.3) is 0 Å². The number of carbonyl (C=O) groups is 2. The van der Waals surface area contributed by atoms with Crippen molar-refractivity contribution in [3.05, 3.63) is 12.7 Å². The zero-order chi connectivity index (χ0) is 20.8. The summed E-state index contributed by atoms with van der Waals surface area (Å²) < 4.78 is 12.1. The molecule has 1 saturated heterocycles. The van der Waals surface area contributed by atoms with Crippen LogP contribution >= 0.6 is 0 Å². The fraction of sp³-hybridized carbons (Fsp3) is 0.650. The molecule has 0 N–H and O–H groups in total. The van der Waals surface area contributed by atoms with Crippen molar-refractivity contribution in [3.63, 3.8) is 0 Å². The van der Waals surface area contributed by atoms with Gasteiger partial charge in [0.1, 0.15) is 6.33 Å². The van der Waals surface area contributed by atoms with Gasteiger partial charge in [-0.15, -0.1) is 0 Å². The summed E-state index contributed by atoms with van der Waals surface area (Å²) in [5.74, 6) is -1.47. The third kappa shape index (κ3) is 4.33. The van der Waals surface area contributed by atoms with Crippen molar-refractivity contribution in [1.82, 2.24) is 19.5 Å². The van der Waals surface area contributed by atoms with E-state index in [-0.39, 0.29) is 13.2 Å². The molecule has 1 unspecified atom stereocenters. The number of piperidine rings is 1. The van der Waals surface area contributed by atoms with Gasteiger partial charge in [-0.3, -0.25) is 9.59 Å². The lowest BCUT2D eigenvalue weighted by molar-refractivity contribution is -0.164. The van der Waals surface area contributed by atoms with E-state index in [9.17, 15) is 9.59 Å². The second-order valence-corrected chi connectivity index (χ2v) is 7.03. The molecule has 9 nitrogen and oxygen atoms in total. The number of carbonyl (C=O) groups excluding carboxylic acids is 2. The SMILES string of the molecule is CCOC(=O)C(C(=O)OCC)C(CC)n1cnc2c(N3CCCCC3)ncnc21. The van der Waals surface area contributed by atoms with E-state index in [1.165, 1.54) is 12.7 Å². The highest BCUT2D eigenvalue weighted by atomic mass is 16.6. The molecule has 2 aromatic heterocycles. The molecule has 0 saturated carbocycles. The lowest BCUT2D eigenvalue weighted by Gasteiger charge is -2.28. The van der Waals surface area contributed by atoms with Crippen molar-refractivity contribution in [2.24, 2.45) is 5.92 Å². The van der Waals surface area contributed by atoms with Crippen LogP contribution in [0.1, 0.15) is 52.5 Å². The average molecular weight is 403 g/mol. The highest BCUT2D eigenvalue weighted by Gasteiger charge is 2.38. The second-order valence-electron chi connectivity index (χ2n) is 7.03. The maximum Gasteiger partial charge on any atom is 0.322 e. The zero-order valence-electron chi connectivity index (χ0n) is 17.3. The number of anilines is 1. The molecular weight excluding hydrogens is 374 g/mol. The Morgan fingerprint density at radius 2 is 1.66 bits per heavy atom. The third-order valence-corrected chi connectivity index (χ3v) is 5.24. The zero-order valence-corrected chi connectivity index (χ0v) is 17.3. The van der Waals surface area contributed by atoms with E-state index in [1.54, 1.807) is 24.7 Å². The molecule has 1 fully saturated rings. The maximum atomic E-state index is 12.6. The monoisotopic (exact) mass is 403 g/mol. The van der Waals surface area contributed by atoms with Gasteiger partial charge >= 0.3 is 11.9 Å². The third-order valence-electron chi connectivity index (χ3n) is 5.24. The molecule has 0 amide bonds. The number of ether oxygens (including phenoxy) is 2. The van der Waals surface area contributed by atoms with Gasteiger partial charge in [0.2, 0.25) is 0 Å². The number of hydrogen-bond acceptors (Lipinski definition) is 8. The summed E-state index contributed by atoms with van der Waals surface area (Å²) in [6, 6.07) is -0.512. The predicted molar refractivity (Wildman–Crippen MR) is 107 cm³/mol. The molecule has 1 aliphatic heterocycles. The minimum absolute atomic E-state index is 0.192. The number of rotatable bonds is 8. The summed E-state index contributed by atoms with van der Waals surface area (Å²) in [6.07, 6.45) is 7.12. The molecule has 0 bridgehead atoms. The van der Waals surface area contributed by atoms with Gasteiger partial charge in [0.15, 0.2) is 22.9 Å². The van der Waals surface area contributed by atoms with E-state index >= 15 is 0 Å². The van der Waals surface area contributed by atoms with Crippen molar-refractivity contribution in [2.75, 3.05) is 31.2 Å². The predicted octanol–water partition coefficient (Wildman–Crippen LogP) is 2.51. The van der Waals surface area contributed by atoms with Crippen LogP contribution in [0.15, 0.2) is 12.7 Å². The van der Waals surface area contributed by atoms with Crippen LogP contribution in [-0.2, 0) is 19.1 Å². The van der Waals surface area contributed by atoms with E-state index in [2.05, 4.69) is 19.9 Å². The Kier molecular flexibility index (Phi) is 7.00. The van der Waals surface area contributed by atoms with E-state index in [4.69, 9.17) is 9.47 Å². The van der Waals surface area contributed by atoms with Crippen LogP contribution in [0.4, 0.5) is 5.82 Å². The standard InChI is InChI=1S/C20H29N5O4/c1-4-14(15(19(26)28-5-2)20(27)29-6-3)25-13-23-16-17(21-12-22-18(16)25)24-10-8-7-9-11-24/h12-15H,4-11H2,1-3H3. The Morgan fingerprint density at radius 1 is 1.00 bits per heavy atom. The smallest absolute Gasteiger partial charge is 0.322 e. The summed E-state index contributed by atoms with van der Waals surface area (Å²) in [5.41, 5.74) is 1.28. The van der Waals surface area contributed by atoms with Crippen LogP contribution < -0.4 is 4.90 Å². The second kappa shape index (κ2) is 9.67. The summed E-state index contributed by atoms with van der Waals surface area (Å²) in [4.78, 5) is 40.9. The van der Waals surface area contributed by atoms with Crippen LogP contribution in [0.2, 0.25) is 0 Å². The molecule has 0 aliphatic carbocycles. The molecule has 0 spiro atoms. The number of nitrogens with zero attached hydrogens (tertiary/aromatic N) is 5. The molecule has 158 valence electrons. The summed E-state index contributed by atoms with van der Waals surface area (Å²) in [6.45, 7) is 7.59. The molecule has 29 heavy (non-hydrogen) atoms. The minimum atomic E-state index is -1.08. The summed E-state index contributed by atoms with van der Waals surface area (Å²) in [5, 5.41) is 0. The number of imidazole rings is 1. The van der Waals surface area contributed by atoms with Gasteiger partial charge in [0, 0.05) is 13.1 Å². The number of fused-ring (bicyclic) bond motifs is 1. The van der Waals surface area contributed by atoms with Gasteiger partial charge in [-0.25, -0.2) is 15.0 Å².